The Labute approximate surface area is 152 Å². The maximum atomic E-state index is 13.0. The van der Waals surface area contributed by atoms with E-state index < -0.39 is 0 Å². The van der Waals surface area contributed by atoms with Crippen molar-refractivity contribution >= 4 is 5.91 Å². The number of ether oxygens (including phenoxy) is 1. The lowest BCUT2D eigenvalue weighted by atomic mass is 10.1. The molecule has 1 aliphatic rings. The third kappa shape index (κ3) is 6.01. The van der Waals surface area contributed by atoms with Crippen molar-refractivity contribution in [1.82, 2.24) is 14.7 Å². The summed E-state index contributed by atoms with van der Waals surface area (Å²) in [7, 11) is 5.94. The molecule has 0 spiro atoms. The second-order valence-corrected chi connectivity index (χ2v) is 7.12. The molecule has 1 aliphatic heterocycles. The minimum Gasteiger partial charge on any atom is -0.497 e. The number of rotatable bonds is 8. The molecule has 1 heterocycles. The van der Waals surface area contributed by atoms with Gasteiger partial charge in [-0.25, -0.2) is 0 Å². The van der Waals surface area contributed by atoms with Crippen molar-refractivity contribution in [3.05, 3.63) is 29.8 Å². The van der Waals surface area contributed by atoms with Gasteiger partial charge in [0.1, 0.15) is 5.75 Å². The van der Waals surface area contributed by atoms with Crippen LogP contribution in [0, 0.1) is 0 Å². The normalized spacial score (nSPS) is 19.0. The number of methoxy groups -OCH3 is 1. The quantitative estimate of drug-likeness (QED) is 0.724. The van der Waals surface area contributed by atoms with Gasteiger partial charge in [-0.2, -0.15) is 0 Å². The summed E-state index contributed by atoms with van der Waals surface area (Å²) in [5.41, 5.74) is 1.12. The molecule has 0 N–H and O–H groups in total. The van der Waals surface area contributed by atoms with E-state index in [2.05, 4.69) is 36.9 Å². The first-order valence-electron chi connectivity index (χ1n) is 9.33. The van der Waals surface area contributed by atoms with Crippen LogP contribution in [0.2, 0.25) is 0 Å². The minimum atomic E-state index is 0.253. The fourth-order valence-electron chi connectivity index (χ4n) is 3.28. The highest BCUT2D eigenvalue weighted by Crippen LogP contribution is 2.17. The van der Waals surface area contributed by atoms with E-state index in [0.29, 0.717) is 19.0 Å². The number of amides is 1. The summed E-state index contributed by atoms with van der Waals surface area (Å²) >= 11 is 0. The SMILES string of the molecule is CCCCN(Cc1cccc(OC)c1)C(=O)C[C@@H]1CN(C)CCN1C. The van der Waals surface area contributed by atoms with Crippen molar-refractivity contribution in [2.75, 3.05) is 47.4 Å². The van der Waals surface area contributed by atoms with Crippen LogP contribution >= 0.6 is 0 Å². The molecule has 140 valence electrons. The topological polar surface area (TPSA) is 36.0 Å². The van der Waals surface area contributed by atoms with Crippen LogP contribution in [0.25, 0.3) is 0 Å². The number of hydrogen-bond donors (Lipinski definition) is 0. The number of hydrogen-bond acceptors (Lipinski definition) is 4. The van der Waals surface area contributed by atoms with Crippen LogP contribution in [-0.2, 0) is 11.3 Å². The molecule has 0 saturated carbocycles. The van der Waals surface area contributed by atoms with Gasteiger partial charge in [0, 0.05) is 45.2 Å². The number of likely N-dealkylation sites (N-methyl/N-ethyl adjacent to an activating group) is 2. The van der Waals surface area contributed by atoms with Crippen molar-refractivity contribution in [1.29, 1.82) is 0 Å². The van der Waals surface area contributed by atoms with Crippen molar-refractivity contribution in [2.24, 2.45) is 0 Å². The lowest BCUT2D eigenvalue weighted by molar-refractivity contribution is -0.133. The Hall–Kier alpha value is -1.59. The standard InChI is InChI=1S/C20H33N3O2/c1-5-6-10-23(15-17-8-7-9-19(13-17)25-4)20(24)14-18-16-21(2)11-12-22(18)3/h7-9,13,18H,5-6,10-12,14-16H2,1-4H3/t18-/m1/s1. The van der Waals surface area contributed by atoms with E-state index in [0.717, 1.165) is 50.3 Å². The van der Waals surface area contributed by atoms with Gasteiger partial charge in [-0.3, -0.25) is 4.79 Å². The lowest BCUT2D eigenvalue weighted by Gasteiger charge is -2.38. The highest BCUT2D eigenvalue weighted by Gasteiger charge is 2.26. The second-order valence-electron chi connectivity index (χ2n) is 7.12. The molecule has 0 radical (unpaired) electrons. The maximum Gasteiger partial charge on any atom is 0.224 e. The molecule has 1 atom stereocenters. The summed E-state index contributed by atoms with van der Waals surface area (Å²) in [5.74, 6) is 1.09. The van der Waals surface area contributed by atoms with E-state index in [4.69, 9.17) is 4.74 Å². The Morgan fingerprint density at radius 1 is 1.32 bits per heavy atom. The predicted octanol–water partition coefficient (Wildman–Crippen LogP) is 2.46. The molecule has 5 heteroatoms. The Kier molecular flexibility index (Phi) is 7.72. The molecular formula is C20H33N3O2. The Morgan fingerprint density at radius 2 is 2.12 bits per heavy atom. The van der Waals surface area contributed by atoms with E-state index >= 15 is 0 Å². The van der Waals surface area contributed by atoms with Gasteiger partial charge in [0.05, 0.1) is 7.11 Å². The zero-order valence-electron chi connectivity index (χ0n) is 16.2. The van der Waals surface area contributed by atoms with Crippen LogP contribution in [0.15, 0.2) is 24.3 Å². The number of nitrogens with zero attached hydrogens (tertiary/aromatic N) is 3. The van der Waals surface area contributed by atoms with Crippen molar-refractivity contribution in [3.8, 4) is 5.75 Å². The Balaban J connectivity index is 2.03. The molecule has 25 heavy (non-hydrogen) atoms. The third-order valence-electron chi connectivity index (χ3n) is 5.03. The average molecular weight is 348 g/mol. The van der Waals surface area contributed by atoms with Gasteiger partial charge >= 0.3 is 0 Å². The molecule has 1 amide bonds. The number of carbonyl (C=O) groups excluding carboxylic acids is 1. The smallest absolute Gasteiger partial charge is 0.224 e. The summed E-state index contributed by atoms with van der Waals surface area (Å²) in [6.45, 7) is 6.70. The molecule has 0 aliphatic carbocycles. The fourth-order valence-corrected chi connectivity index (χ4v) is 3.28. The minimum absolute atomic E-state index is 0.253. The first-order valence-corrected chi connectivity index (χ1v) is 9.33. The lowest BCUT2D eigenvalue weighted by Crippen LogP contribution is -2.51. The summed E-state index contributed by atoms with van der Waals surface area (Å²) in [6.07, 6.45) is 2.72. The molecule has 1 aromatic carbocycles. The molecular weight excluding hydrogens is 314 g/mol. The van der Waals surface area contributed by atoms with Crippen LogP contribution in [0.4, 0.5) is 0 Å². The number of piperazine rings is 1. The summed E-state index contributed by atoms with van der Waals surface area (Å²) < 4.78 is 5.31. The van der Waals surface area contributed by atoms with Gasteiger partial charge in [0.2, 0.25) is 5.91 Å². The van der Waals surface area contributed by atoms with Crippen LogP contribution in [0.5, 0.6) is 5.75 Å². The van der Waals surface area contributed by atoms with Crippen LogP contribution in [0.3, 0.4) is 0 Å². The van der Waals surface area contributed by atoms with Gasteiger partial charge in [-0.05, 0) is 38.2 Å². The molecule has 1 aromatic rings. The van der Waals surface area contributed by atoms with E-state index in [-0.39, 0.29) is 5.91 Å². The zero-order valence-corrected chi connectivity index (χ0v) is 16.2. The maximum absolute atomic E-state index is 13.0. The molecule has 1 saturated heterocycles. The van der Waals surface area contributed by atoms with Crippen LogP contribution in [0.1, 0.15) is 31.7 Å². The van der Waals surface area contributed by atoms with Crippen LogP contribution in [-0.4, -0.2) is 74.0 Å². The highest BCUT2D eigenvalue weighted by molar-refractivity contribution is 5.77. The van der Waals surface area contributed by atoms with Crippen molar-refractivity contribution in [2.45, 2.75) is 38.8 Å². The second kappa shape index (κ2) is 9.78. The molecule has 1 fully saturated rings. The molecule has 0 unspecified atom stereocenters. The van der Waals surface area contributed by atoms with Gasteiger partial charge in [-0.1, -0.05) is 25.5 Å². The third-order valence-corrected chi connectivity index (χ3v) is 5.03. The van der Waals surface area contributed by atoms with Gasteiger partial charge in [0.15, 0.2) is 0 Å². The summed E-state index contributed by atoms with van der Waals surface area (Å²) in [5, 5.41) is 0. The Morgan fingerprint density at radius 3 is 2.84 bits per heavy atom. The summed E-state index contributed by atoms with van der Waals surface area (Å²) in [6, 6.07) is 8.32. The van der Waals surface area contributed by atoms with E-state index in [1.54, 1.807) is 7.11 Å². The zero-order chi connectivity index (χ0) is 18.2. The number of unbranched alkanes of at least 4 members (excludes halogenated alkanes) is 1. The highest BCUT2D eigenvalue weighted by atomic mass is 16.5. The number of carbonyl (C=O) groups is 1. The largest absolute Gasteiger partial charge is 0.497 e. The predicted molar refractivity (Wildman–Crippen MR) is 102 cm³/mol. The fraction of sp³-hybridized carbons (Fsp3) is 0.650. The van der Waals surface area contributed by atoms with E-state index in [1.165, 1.54) is 0 Å². The van der Waals surface area contributed by atoms with E-state index in [9.17, 15) is 4.79 Å². The molecule has 5 nitrogen and oxygen atoms in total. The van der Waals surface area contributed by atoms with Gasteiger partial charge in [0.25, 0.3) is 0 Å². The molecule has 2 rings (SSSR count). The van der Waals surface area contributed by atoms with Gasteiger partial charge in [-0.15, -0.1) is 0 Å². The van der Waals surface area contributed by atoms with Crippen LogP contribution < -0.4 is 4.74 Å². The monoisotopic (exact) mass is 347 g/mol. The molecule has 0 aromatic heterocycles. The first-order chi connectivity index (χ1) is 12.0. The van der Waals surface area contributed by atoms with Crippen molar-refractivity contribution in [3.63, 3.8) is 0 Å². The summed E-state index contributed by atoms with van der Waals surface area (Å²) in [4.78, 5) is 19.6. The van der Waals surface area contributed by atoms with E-state index in [1.807, 2.05) is 23.1 Å². The first kappa shape index (κ1) is 19.7. The van der Waals surface area contributed by atoms with Crippen molar-refractivity contribution < 1.29 is 9.53 Å². The Bertz CT molecular complexity index is 549. The van der Waals surface area contributed by atoms with Gasteiger partial charge < -0.3 is 19.4 Å². The average Bonchev–Trinajstić information content (AvgIpc) is 2.61. The number of benzene rings is 1. The molecule has 0 bridgehead atoms.